The Balaban J connectivity index is 4.03. The molecule has 0 saturated heterocycles. The molecule has 0 fully saturated rings. The van der Waals surface area contributed by atoms with Crippen LogP contribution in [-0.2, 0) is 13.6 Å². The van der Waals surface area contributed by atoms with Gasteiger partial charge >= 0.3 is 7.75 Å². The fourth-order valence-corrected chi connectivity index (χ4v) is 5.22. The van der Waals surface area contributed by atoms with E-state index >= 15 is 0 Å². The molecule has 0 heterocycles. The van der Waals surface area contributed by atoms with Crippen molar-refractivity contribution in [1.29, 1.82) is 0 Å². The van der Waals surface area contributed by atoms with Gasteiger partial charge in [0.15, 0.2) is 5.11 Å². The second kappa shape index (κ2) is 24.0. The lowest BCUT2D eigenvalue weighted by Crippen LogP contribution is -2.35. The van der Waals surface area contributed by atoms with Crippen LogP contribution in [-0.4, -0.2) is 24.9 Å². The van der Waals surface area contributed by atoms with Crippen LogP contribution in [0.25, 0.3) is 0 Å². The van der Waals surface area contributed by atoms with Crippen molar-refractivity contribution in [2.75, 3.05) is 19.8 Å². The zero-order valence-electron chi connectivity index (χ0n) is 21.4. The molecule has 0 atom stereocenters. The van der Waals surface area contributed by atoms with Gasteiger partial charge in [0.2, 0.25) is 0 Å². The zero-order valence-corrected chi connectivity index (χ0v) is 23.1. The van der Waals surface area contributed by atoms with Crippen LogP contribution in [0.15, 0.2) is 0 Å². The van der Waals surface area contributed by atoms with Crippen LogP contribution in [0, 0.1) is 0 Å². The smallest absolute Gasteiger partial charge is 0.362 e. The van der Waals surface area contributed by atoms with E-state index in [1.807, 2.05) is 0 Å². The first-order valence-corrected chi connectivity index (χ1v) is 15.5. The van der Waals surface area contributed by atoms with Crippen molar-refractivity contribution in [3.05, 3.63) is 0 Å². The highest BCUT2D eigenvalue weighted by Gasteiger charge is 2.25. The first-order chi connectivity index (χ1) is 15.6. The van der Waals surface area contributed by atoms with Crippen molar-refractivity contribution >= 4 is 25.1 Å². The SMILES string of the molecule is CCCCCCCCCCCCNC(=S)NP(=O)(OCCCCCC)OCCCCCC. The summed E-state index contributed by atoms with van der Waals surface area (Å²) in [6, 6.07) is 0. The first-order valence-electron chi connectivity index (χ1n) is 13.5. The molecule has 0 aliphatic rings. The average molecular weight is 493 g/mol. The zero-order chi connectivity index (χ0) is 23.8. The molecule has 0 aromatic carbocycles. The summed E-state index contributed by atoms with van der Waals surface area (Å²) in [5.74, 6) is 0. The maximum Gasteiger partial charge on any atom is 0.434 e. The predicted octanol–water partition coefficient (Wildman–Crippen LogP) is 8.67. The third kappa shape index (κ3) is 21.7. The second-order valence-electron chi connectivity index (χ2n) is 8.83. The maximum absolute atomic E-state index is 13.1. The topological polar surface area (TPSA) is 59.6 Å². The van der Waals surface area contributed by atoms with Gasteiger partial charge in [0.25, 0.3) is 0 Å². The first kappa shape index (κ1) is 31.8. The Kier molecular flexibility index (Phi) is 23.9. The van der Waals surface area contributed by atoms with Crippen LogP contribution in [0.3, 0.4) is 0 Å². The summed E-state index contributed by atoms with van der Waals surface area (Å²) in [4.78, 5) is 0. The van der Waals surface area contributed by atoms with Gasteiger partial charge in [0, 0.05) is 6.54 Å². The average Bonchev–Trinajstić information content (AvgIpc) is 2.77. The molecule has 0 aliphatic heterocycles. The number of hydrogen-bond donors (Lipinski definition) is 2. The number of unbranched alkanes of at least 4 members (excludes halogenated alkanes) is 15. The molecule has 2 N–H and O–H groups in total. The summed E-state index contributed by atoms with van der Waals surface area (Å²) < 4.78 is 24.4. The summed E-state index contributed by atoms with van der Waals surface area (Å²) in [7, 11) is -3.41. The minimum atomic E-state index is -3.41. The van der Waals surface area contributed by atoms with Crippen LogP contribution in [0.5, 0.6) is 0 Å². The van der Waals surface area contributed by atoms with E-state index in [0.717, 1.165) is 64.3 Å². The molecule has 0 spiro atoms. The maximum atomic E-state index is 13.1. The van der Waals surface area contributed by atoms with Crippen molar-refractivity contribution < 1.29 is 13.6 Å². The lowest BCUT2D eigenvalue weighted by molar-refractivity contribution is 0.194. The number of nitrogens with one attached hydrogen (secondary N) is 2. The lowest BCUT2D eigenvalue weighted by atomic mass is 10.1. The van der Waals surface area contributed by atoms with Crippen LogP contribution < -0.4 is 10.4 Å². The van der Waals surface area contributed by atoms with Crippen LogP contribution in [0.1, 0.15) is 136 Å². The summed E-state index contributed by atoms with van der Waals surface area (Å²) in [6.45, 7) is 8.25. The number of thiocarbonyl (C=S) groups is 1. The fourth-order valence-electron chi connectivity index (χ4n) is 3.51. The molecule has 0 aromatic rings. The molecule has 0 radical (unpaired) electrons. The molecular weight excluding hydrogens is 439 g/mol. The van der Waals surface area contributed by atoms with E-state index in [9.17, 15) is 4.57 Å². The van der Waals surface area contributed by atoms with Gasteiger partial charge in [-0.2, -0.15) is 0 Å². The van der Waals surface area contributed by atoms with Gasteiger partial charge in [-0.05, 0) is 31.5 Å². The van der Waals surface area contributed by atoms with Crippen LogP contribution in [0.2, 0.25) is 0 Å². The lowest BCUT2D eigenvalue weighted by Gasteiger charge is -2.21. The van der Waals surface area contributed by atoms with Gasteiger partial charge < -0.3 is 5.32 Å². The molecule has 7 heteroatoms. The molecule has 0 aromatic heterocycles. The van der Waals surface area contributed by atoms with Gasteiger partial charge in [0.05, 0.1) is 13.2 Å². The van der Waals surface area contributed by atoms with E-state index in [0.29, 0.717) is 18.3 Å². The van der Waals surface area contributed by atoms with E-state index in [-0.39, 0.29) is 0 Å². The third-order valence-electron chi connectivity index (χ3n) is 5.57. The molecule has 32 heavy (non-hydrogen) atoms. The number of hydrogen-bond acceptors (Lipinski definition) is 4. The van der Waals surface area contributed by atoms with E-state index in [2.05, 4.69) is 31.2 Å². The third-order valence-corrected chi connectivity index (χ3v) is 7.51. The summed E-state index contributed by atoms with van der Waals surface area (Å²) in [5, 5.41) is 6.38. The van der Waals surface area contributed by atoms with Gasteiger partial charge in [-0.3, -0.25) is 14.1 Å². The molecule has 192 valence electrons. The van der Waals surface area contributed by atoms with Crippen LogP contribution >= 0.6 is 20.0 Å². The minimum absolute atomic E-state index is 0.367. The van der Waals surface area contributed by atoms with Crippen molar-refractivity contribution in [2.45, 2.75) is 136 Å². The Morgan fingerprint density at radius 1 is 0.625 bits per heavy atom. The van der Waals surface area contributed by atoms with E-state index in [1.54, 1.807) is 0 Å². The normalized spacial score (nSPS) is 11.6. The molecular formula is C25H53N2O3PS. The Morgan fingerprint density at radius 3 is 1.44 bits per heavy atom. The Morgan fingerprint density at radius 2 is 1.00 bits per heavy atom. The molecule has 0 saturated carbocycles. The molecule has 0 bridgehead atoms. The van der Waals surface area contributed by atoms with Crippen molar-refractivity contribution in [3.8, 4) is 0 Å². The summed E-state index contributed by atoms with van der Waals surface area (Å²) in [6.07, 6.45) is 21.6. The highest BCUT2D eigenvalue weighted by Crippen LogP contribution is 2.44. The Hall–Kier alpha value is -0.160. The van der Waals surface area contributed by atoms with Crippen molar-refractivity contribution in [3.63, 3.8) is 0 Å². The number of rotatable bonds is 24. The van der Waals surface area contributed by atoms with Gasteiger partial charge in [-0.15, -0.1) is 0 Å². The van der Waals surface area contributed by atoms with Gasteiger partial charge in [-0.25, -0.2) is 4.57 Å². The van der Waals surface area contributed by atoms with E-state index < -0.39 is 7.75 Å². The summed E-state index contributed by atoms with van der Waals surface area (Å²) in [5.41, 5.74) is 0. The largest absolute Gasteiger partial charge is 0.434 e. The fraction of sp³-hybridized carbons (Fsp3) is 0.960. The minimum Gasteiger partial charge on any atom is -0.362 e. The Bertz CT molecular complexity index is 448. The van der Waals surface area contributed by atoms with E-state index in [1.165, 1.54) is 57.8 Å². The molecule has 5 nitrogen and oxygen atoms in total. The predicted molar refractivity (Wildman–Crippen MR) is 143 cm³/mol. The van der Waals surface area contributed by atoms with Crippen molar-refractivity contribution in [1.82, 2.24) is 10.4 Å². The van der Waals surface area contributed by atoms with Crippen LogP contribution in [0.4, 0.5) is 0 Å². The Labute approximate surface area is 205 Å². The summed E-state index contributed by atoms with van der Waals surface area (Å²) >= 11 is 5.36. The second-order valence-corrected chi connectivity index (χ2v) is 11.0. The highest BCUT2D eigenvalue weighted by atomic mass is 32.1. The molecule has 0 rings (SSSR count). The molecule has 0 aliphatic carbocycles. The monoisotopic (exact) mass is 492 g/mol. The molecule has 0 amide bonds. The van der Waals surface area contributed by atoms with Gasteiger partial charge in [0.1, 0.15) is 0 Å². The quantitative estimate of drug-likeness (QED) is 0.0798. The highest BCUT2D eigenvalue weighted by molar-refractivity contribution is 7.81. The van der Waals surface area contributed by atoms with Gasteiger partial charge in [-0.1, -0.05) is 117 Å². The molecule has 0 unspecified atom stereocenters. The van der Waals surface area contributed by atoms with E-state index in [4.69, 9.17) is 21.3 Å². The van der Waals surface area contributed by atoms with Crippen molar-refractivity contribution in [2.24, 2.45) is 0 Å². The standard InChI is InChI=1S/C25H53N2O3PS/c1-4-7-10-13-14-15-16-17-18-19-22-26-25(32)27-31(28,29-23-20-11-8-5-2)30-24-21-12-9-6-3/h4-24H2,1-3H3,(H2,26,27,28,32).